The first-order chi connectivity index (χ1) is 14.7. The third-order valence-corrected chi connectivity index (χ3v) is 6.28. The molecule has 1 aliphatic heterocycles. The normalized spacial score (nSPS) is 23.3. The van der Waals surface area contributed by atoms with Crippen LogP contribution in [-0.2, 0) is 4.79 Å². The number of fused-ring (bicyclic) bond motifs is 2. The Balaban J connectivity index is 1.21. The van der Waals surface area contributed by atoms with Crippen molar-refractivity contribution in [2.45, 2.75) is 13.3 Å². The fourth-order valence-corrected chi connectivity index (χ4v) is 4.55. The Morgan fingerprint density at radius 1 is 1.23 bits per heavy atom. The zero-order valence-corrected chi connectivity index (χ0v) is 17.5. The van der Waals surface area contributed by atoms with Crippen LogP contribution in [0.3, 0.4) is 0 Å². The third-order valence-electron chi connectivity index (χ3n) is 6.28. The van der Waals surface area contributed by atoms with Crippen molar-refractivity contribution in [2.75, 3.05) is 24.5 Å². The van der Waals surface area contributed by atoms with Gasteiger partial charge >= 0.3 is 0 Å². The quantitative estimate of drug-likeness (QED) is 0.518. The van der Waals surface area contributed by atoms with Gasteiger partial charge in [0.05, 0.1) is 0 Å². The fourth-order valence-electron chi connectivity index (χ4n) is 4.55. The first kappa shape index (κ1) is 20.1. The molecule has 1 amide bonds. The number of aromatic nitrogens is 1. The van der Waals surface area contributed by atoms with Crippen molar-refractivity contribution in [3.05, 3.63) is 85.3 Å². The molecule has 2 heterocycles. The molecule has 2 aliphatic rings. The number of nitrogens with zero attached hydrogens (tertiary/aromatic N) is 2. The molecule has 0 radical (unpaired) electrons. The fraction of sp³-hybridized carbons (Fsp3) is 0.308. The summed E-state index contributed by atoms with van der Waals surface area (Å²) >= 11 is 0. The molecule has 1 N–H and O–H groups in total. The molecule has 1 saturated heterocycles. The number of rotatable bonds is 8. The number of pyridine rings is 1. The van der Waals surface area contributed by atoms with Gasteiger partial charge in [-0.05, 0) is 66.3 Å². The van der Waals surface area contributed by atoms with Gasteiger partial charge in [-0.2, -0.15) is 0 Å². The van der Waals surface area contributed by atoms with Crippen LogP contribution in [0.1, 0.15) is 13.3 Å². The number of hydrogen-bond acceptors (Lipinski definition) is 3. The van der Waals surface area contributed by atoms with E-state index in [4.69, 9.17) is 0 Å². The lowest BCUT2D eigenvalue weighted by Crippen LogP contribution is -2.26. The number of allylic oxidation sites excluding steroid dienone is 6. The largest absolute Gasteiger partial charge is 0.371 e. The number of anilines is 1. The van der Waals surface area contributed by atoms with Gasteiger partial charge in [0.25, 0.3) is 0 Å². The van der Waals surface area contributed by atoms with Gasteiger partial charge in [-0.25, -0.2) is 0 Å². The molecule has 0 spiro atoms. The average Bonchev–Trinajstić information content (AvgIpc) is 3.21. The molecular weight excluding hydrogens is 370 g/mol. The second-order valence-corrected chi connectivity index (χ2v) is 8.11. The van der Waals surface area contributed by atoms with Gasteiger partial charge in [-0.15, -0.1) is 0 Å². The molecule has 1 aromatic carbocycles. The van der Waals surface area contributed by atoms with E-state index >= 15 is 0 Å². The zero-order valence-electron chi connectivity index (χ0n) is 17.5. The molecule has 154 valence electrons. The van der Waals surface area contributed by atoms with E-state index in [-0.39, 0.29) is 5.91 Å². The summed E-state index contributed by atoms with van der Waals surface area (Å²) in [6.07, 6.45) is 15.8. The molecule has 0 bridgehead atoms. The molecule has 1 unspecified atom stereocenters. The average molecular weight is 400 g/mol. The van der Waals surface area contributed by atoms with E-state index in [9.17, 15) is 4.79 Å². The van der Waals surface area contributed by atoms with Crippen LogP contribution >= 0.6 is 0 Å². The number of benzene rings is 1. The number of carbonyl (C=O) groups excluding carboxylic acids is 1. The Bertz CT molecular complexity index is 1010. The second kappa shape index (κ2) is 9.12. The maximum Gasteiger partial charge on any atom is 0.243 e. The van der Waals surface area contributed by atoms with Gasteiger partial charge in [0.1, 0.15) is 0 Å². The van der Waals surface area contributed by atoms with Crippen molar-refractivity contribution in [1.82, 2.24) is 10.3 Å². The summed E-state index contributed by atoms with van der Waals surface area (Å²) in [7, 11) is 0. The Kier molecular flexibility index (Phi) is 6.12. The molecule has 2 aromatic rings. The van der Waals surface area contributed by atoms with E-state index in [0.29, 0.717) is 0 Å². The van der Waals surface area contributed by atoms with Crippen LogP contribution in [0.4, 0.5) is 5.69 Å². The van der Waals surface area contributed by atoms with Crippen LogP contribution < -0.4 is 10.2 Å². The lowest BCUT2D eigenvalue weighted by molar-refractivity contribution is -0.116. The highest BCUT2D eigenvalue weighted by molar-refractivity contribution is 5.88. The van der Waals surface area contributed by atoms with Gasteiger partial charge in [0, 0.05) is 49.2 Å². The lowest BCUT2D eigenvalue weighted by atomic mass is 10.1. The lowest BCUT2D eigenvalue weighted by Gasteiger charge is -2.22. The van der Waals surface area contributed by atoms with Crippen molar-refractivity contribution in [2.24, 2.45) is 17.8 Å². The number of amides is 1. The van der Waals surface area contributed by atoms with Crippen LogP contribution in [0.2, 0.25) is 0 Å². The van der Waals surface area contributed by atoms with E-state index < -0.39 is 0 Å². The van der Waals surface area contributed by atoms with Crippen molar-refractivity contribution < 1.29 is 4.79 Å². The van der Waals surface area contributed by atoms with E-state index in [2.05, 4.69) is 46.0 Å². The van der Waals surface area contributed by atoms with E-state index in [1.807, 2.05) is 37.5 Å². The number of carbonyl (C=O) groups is 1. The number of hydrogen-bond donors (Lipinski definition) is 1. The summed E-state index contributed by atoms with van der Waals surface area (Å²) in [5.41, 5.74) is 2.22. The summed E-state index contributed by atoms with van der Waals surface area (Å²) < 4.78 is 0. The van der Waals surface area contributed by atoms with Gasteiger partial charge < -0.3 is 10.2 Å². The van der Waals surface area contributed by atoms with E-state index in [1.54, 1.807) is 18.2 Å². The monoisotopic (exact) mass is 399 g/mol. The highest BCUT2D eigenvalue weighted by Crippen LogP contribution is 2.54. The Labute approximate surface area is 178 Å². The van der Waals surface area contributed by atoms with E-state index in [0.717, 1.165) is 49.4 Å². The zero-order chi connectivity index (χ0) is 20.9. The molecule has 4 nitrogen and oxygen atoms in total. The Hall–Kier alpha value is -3.14. The summed E-state index contributed by atoms with van der Waals surface area (Å²) in [4.78, 5) is 18.8. The first-order valence-corrected chi connectivity index (χ1v) is 10.7. The summed E-state index contributed by atoms with van der Waals surface area (Å²) in [6, 6.07) is 8.70. The second-order valence-electron chi connectivity index (χ2n) is 8.11. The number of nitrogens with one attached hydrogen (secondary N) is 1. The Morgan fingerprint density at radius 3 is 2.83 bits per heavy atom. The van der Waals surface area contributed by atoms with Crippen molar-refractivity contribution >= 4 is 22.4 Å². The molecule has 4 heteroatoms. The molecule has 4 rings (SSSR count). The predicted molar refractivity (Wildman–Crippen MR) is 124 cm³/mol. The smallest absolute Gasteiger partial charge is 0.243 e. The van der Waals surface area contributed by atoms with Gasteiger partial charge in [-0.1, -0.05) is 36.9 Å². The number of piperidine rings is 1. The van der Waals surface area contributed by atoms with Crippen LogP contribution in [0.25, 0.3) is 10.8 Å². The predicted octanol–water partition coefficient (Wildman–Crippen LogP) is 4.67. The standard InChI is InChI=1S/C26H29N3O/c1-3-5-6-19(4-2)7-10-26(30)28-14-12-23-24-17-29(18-25(23)24)22-9-8-20-11-13-27-16-21(20)15-22/h3-11,13,15-16,23-25H,2,12,14,17-18H2,1H3,(H,28,30)/b5-3-,10-7+,19-6+/t23?,24-,25+. The van der Waals surface area contributed by atoms with Crippen LogP contribution in [0.15, 0.2) is 85.3 Å². The maximum atomic E-state index is 12.0. The first-order valence-electron chi connectivity index (χ1n) is 10.7. The molecule has 30 heavy (non-hydrogen) atoms. The third kappa shape index (κ3) is 4.54. The maximum absolute atomic E-state index is 12.0. The molecule has 3 atom stereocenters. The molecule has 1 saturated carbocycles. The van der Waals surface area contributed by atoms with Gasteiger partial charge in [-0.3, -0.25) is 9.78 Å². The van der Waals surface area contributed by atoms with Crippen LogP contribution in [0.5, 0.6) is 0 Å². The molecule has 1 aliphatic carbocycles. The summed E-state index contributed by atoms with van der Waals surface area (Å²) in [5, 5.41) is 5.45. The minimum Gasteiger partial charge on any atom is -0.371 e. The van der Waals surface area contributed by atoms with Crippen LogP contribution in [0, 0.1) is 17.8 Å². The minimum atomic E-state index is -0.0413. The van der Waals surface area contributed by atoms with Crippen molar-refractivity contribution in [3.8, 4) is 0 Å². The Morgan fingerprint density at radius 2 is 2.07 bits per heavy atom. The summed E-state index contributed by atoms with van der Waals surface area (Å²) in [6.45, 7) is 8.70. The van der Waals surface area contributed by atoms with Gasteiger partial charge in [0.2, 0.25) is 5.91 Å². The van der Waals surface area contributed by atoms with Crippen LogP contribution in [-0.4, -0.2) is 30.5 Å². The molecule has 2 fully saturated rings. The summed E-state index contributed by atoms with van der Waals surface area (Å²) in [5.74, 6) is 2.22. The van der Waals surface area contributed by atoms with Crippen molar-refractivity contribution in [1.29, 1.82) is 0 Å². The topological polar surface area (TPSA) is 45.2 Å². The highest BCUT2D eigenvalue weighted by Gasteiger charge is 2.54. The SMILES string of the molecule is C=CC(/C=C/C(=O)NCCC1[C@H]2CN(c3ccc4ccncc4c3)C[C@@H]12)=C\C=C/C. The molecule has 1 aromatic heterocycles. The minimum absolute atomic E-state index is 0.0413. The van der Waals surface area contributed by atoms with Gasteiger partial charge in [0.15, 0.2) is 0 Å². The molecular formula is C26H29N3O. The van der Waals surface area contributed by atoms with E-state index in [1.165, 1.54) is 16.5 Å². The highest BCUT2D eigenvalue weighted by atomic mass is 16.1. The van der Waals surface area contributed by atoms with Crippen molar-refractivity contribution in [3.63, 3.8) is 0 Å².